The van der Waals surface area contributed by atoms with E-state index in [1.807, 2.05) is 19.9 Å². The van der Waals surface area contributed by atoms with E-state index in [9.17, 15) is 14.0 Å². The van der Waals surface area contributed by atoms with E-state index in [-0.39, 0.29) is 30.2 Å². The lowest BCUT2D eigenvalue weighted by Crippen LogP contribution is -2.47. The second kappa shape index (κ2) is 8.89. The maximum atomic E-state index is 13.9. The van der Waals surface area contributed by atoms with Crippen LogP contribution in [0.1, 0.15) is 50.5 Å². The van der Waals surface area contributed by atoms with Crippen LogP contribution in [0.4, 0.5) is 4.39 Å². The van der Waals surface area contributed by atoms with Crippen molar-refractivity contribution in [1.82, 2.24) is 10.6 Å². The van der Waals surface area contributed by atoms with Crippen molar-refractivity contribution in [3.05, 3.63) is 35.1 Å². The minimum atomic E-state index is -0.754. The number of carbonyl (C=O) groups is 2. The average Bonchev–Trinajstić information content (AvgIpc) is 2.75. The van der Waals surface area contributed by atoms with E-state index < -0.39 is 34.9 Å². The Morgan fingerprint density at radius 2 is 2.00 bits per heavy atom. The van der Waals surface area contributed by atoms with Crippen molar-refractivity contribution in [1.29, 1.82) is 5.26 Å². The molecule has 1 aliphatic heterocycles. The number of amides is 2. The minimum Gasteiger partial charge on any atom is -0.354 e. The van der Waals surface area contributed by atoms with Gasteiger partial charge in [0.1, 0.15) is 5.82 Å². The molecule has 2 amide bonds. The van der Waals surface area contributed by atoms with Crippen LogP contribution in [0.15, 0.2) is 18.2 Å². The molecule has 2 atom stereocenters. The molecule has 0 radical (unpaired) electrons. The second-order valence-corrected chi connectivity index (χ2v) is 8.47. The maximum Gasteiger partial charge on any atom is 0.254 e. The number of nitriles is 1. The topological polar surface area (TPSA) is 100 Å². The Labute approximate surface area is 170 Å². The van der Waals surface area contributed by atoms with Gasteiger partial charge in [-0.3, -0.25) is 9.59 Å². The summed E-state index contributed by atoms with van der Waals surface area (Å²) in [6.07, 6.45) is 0. The van der Waals surface area contributed by atoms with Gasteiger partial charge >= 0.3 is 0 Å². The second-order valence-electron chi connectivity index (χ2n) is 8.47. The molecule has 1 aromatic rings. The Balaban J connectivity index is 1.94. The molecule has 1 fully saturated rings. The van der Waals surface area contributed by atoms with Gasteiger partial charge in [-0.2, -0.15) is 5.26 Å². The lowest BCUT2D eigenvalue weighted by Gasteiger charge is -2.30. The first-order valence-corrected chi connectivity index (χ1v) is 9.51. The molecule has 0 spiro atoms. The number of hydrogen-bond donors (Lipinski definition) is 2. The van der Waals surface area contributed by atoms with E-state index in [2.05, 4.69) is 10.6 Å². The molecular weight excluding hydrogens is 377 g/mol. The number of nitrogens with one attached hydrogen (secondary N) is 2. The molecule has 1 aromatic carbocycles. The summed E-state index contributed by atoms with van der Waals surface area (Å²) in [5.41, 5.74) is -0.441. The molecule has 158 valence electrons. The van der Waals surface area contributed by atoms with Crippen molar-refractivity contribution in [3.63, 3.8) is 0 Å². The predicted molar refractivity (Wildman–Crippen MR) is 104 cm³/mol. The van der Waals surface area contributed by atoms with Gasteiger partial charge in [0.2, 0.25) is 5.91 Å². The molecule has 1 aliphatic rings. The van der Waals surface area contributed by atoms with Crippen LogP contribution in [-0.4, -0.2) is 43.4 Å². The highest BCUT2D eigenvalue weighted by Crippen LogP contribution is 2.34. The molecule has 2 rings (SSSR count). The summed E-state index contributed by atoms with van der Waals surface area (Å²) < 4.78 is 25.3. The monoisotopic (exact) mass is 405 g/mol. The zero-order chi connectivity index (χ0) is 21.8. The molecule has 0 aromatic heterocycles. The minimum absolute atomic E-state index is 0.168. The van der Waals surface area contributed by atoms with Crippen molar-refractivity contribution >= 4 is 11.8 Å². The fourth-order valence-corrected chi connectivity index (χ4v) is 2.94. The van der Waals surface area contributed by atoms with Gasteiger partial charge in [-0.25, -0.2) is 4.39 Å². The third-order valence-electron chi connectivity index (χ3n) is 4.95. The quantitative estimate of drug-likeness (QED) is 0.783. The Bertz CT molecular complexity index is 817. The maximum absolute atomic E-state index is 13.9. The van der Waals surface area contributed by atoms with Crippen molar-refractivity contribution in [2.24, 2.45) is 11.3 Å². The van der Waals surface area contributed by atoms with Crippen molar-refractivity contribution in [2.75, 3.05) is 19.8 Å². The van der Waals surface area contributed by atoms with Gasteiger partial charge < -0.3 is 20.1 Å². The van der Waals surface area contributed by atoms with Crippen LogP contribution in [0.25, 0.3) is 0 Å². The van der Waals surface area contributed by atoms with Crippen molar-refractivity contribution in [2.45, 2.75) is 46.4 Å². The standard InChI is InChI=1S/C21H28FN3O4/c1-13(25-18(26)15-8-14(9-23)6-7-17(15)22)10-24-19(27)16-11-28-21(4,5)29-12-20(16,2)3/h6-8,13,16H,10-12H2,1-5H3,(H,24,27)(H,25,26)/t13-,16-/m0/s1. The summed E-state index contributed by atoms with van der Waals surface area (Å²) in [6.45, 7) is 9.96. The third kappa shape index (κ3) is 5.99. The summed E-state index contributed by atoms with van der Waals surface area (Å²) in [4.78, 5) is 25.0. The largest absolute Gasteiger partial charge is 0.354 e. The van der Waals surface area contributed by atoms with E-state index in [1.165, 1.54) is 12.1 Å². The van der Waals surface area contributed by atoms with Gasteiger partial charge in [0.05, 0.1) is 36.3 Å². The number of halogens is 1. The van der Waals surface area contributed by atoms with Crippen LogP contribution in [-0.2, 0) is 14.3 Å². The van der Waals surface area contributed by atoms with Crippen LogP contribution in [0.2, 0.25) is 0 Å². The molecule has 0 saturated carbocycles. The Hall–Kier alpha value is -2.50. The highest BCUT2D eigenvalue weighted by molar-refractivity contribution is 5.95. The lowest BCUT2D eigenvalue weighted by molar-refractivity contribution is -0.204. The summed E-state index contributed by atoms with van der Waals surface area (Å²) >= 11 is 0. The van der Waals surface area contributed by atoms with Gasteiger partial charge in [0.15, 0.2) is 5.79 Å². The van der Waals surface area contributed by atoms with E-state index in [0.29, 0.717) is 6.61 Å². The molecule has 1 heterocycles. The first-order valence-electron chi connectivity index (χ1n) is 9.51. The number of hydrogen-bond acceptors (Lipinski definition) is 5. The van der Waals surface area contributed by atoms with Gasteiger partial charge in [-0.05, 0) is 39.0 Å². The molecule has 8 heteroatoms. The van der Waals surface area contributed by atoms with E-state index in [4.69, 9.17) is 14.7 Å². The summed E-state index contributed by atoms with van der Waals surface area (Å²) in [7, 11) is 0. The Morgan fingerprint density at radius 1 is 1.31 bits per heavy atom. The first kappa shape index (κ1) is 22.8. The third-order valence-corrected chi connectivity index (χ3v) is 4.95. The zero-order valence-electron chi connectivity index (χ0n) is 17.5. The molecule has 7 nitrogen and oxygen atoms in total. The van der Waals surface area contributed by atoms with Crippen molar-refractivity contribution in [3.8, 4) is 6.07 Å². The number of nitrogens with zero attached hydrogens (tertiary/aromatic N) is 1. The fourth-order valence-electron chi connectivity index (χ4n) is 2.94. The van der Waals surface area contributed by atoms with E-state index in [1.54, 1.807) is 20.8 Å². The van der Waals surface area contributed by atoms with Crippen LogP contribution >= 0.6 is 0 Å². The molecule has 1 saturated heterocycles. The Kier molecular flexibility index (Phi) is 6.98. The molecule has 0 unspecified atom stereocenters. The van der Waals surface area contributed by atoms with Gasteiger partial charge in [0, 0.05) is 18.0 Å². The summed E-state index contributed by atoms with van der Waals surface area (Å²) in [6, 6.07) is 5.01. The average molecular weight is 405 g/mol. The summed E-state index contributed by atoms with van der Waals surface area (Å²) in [5.74, 6) is -2.73. The number of benzene rings is 1. The van der Waals surface area contributed by atoms with E-state index in [0.717, 1.165) is 6.07 Å². The normalized spacial score (nSPS) is 21.3. The zero-order valence-corrected chi connectivity index (χ0v) is 17.5. The van der Waals surface area contributed by atoms with Gasteiger partial charge in [0.25, 0.3) is 5.91 Å². The molecule has 29 heavy (non-hydrogen) atoms. The molecule has 0 bridgehead atoms. The van der Waals surface area contributed by atoms with Crippen LogP contribution < -0.4 is 10.6 Å². The highest BCUT2D eigenvalue weighted by atomic mass is 19.1. The van der Waals surface area contributed by atoms with Crippen LogP contribution in [0.3, 0.4) is 0 Å². The predicted octanol–water partition coefficient (Wildman–Crippen LogP) is 2.36. The fraction of sp³-hybridized carbons (Fsp3) is 0.571. The molecule has 0 aliphatic carbocycles. The highest BCUT2D eigenvalue weighted by Gasteiger charge is 2.41. The van der Waals surface area contributed by atoms with Crippen molar-refractivity contribution < 1.29 is 23.5 Å². The summed E-state index contributed by atoms with van der Waals surface area (Å²) in [5, 5.41) is 14.4. The first-order chi connectivity index (χ1) is 13.4. The number of carbonyl (C=O) groups excluding carboxylic acids is 2. The van der Waals surface area contributed by atoms with Gasteiger partial charge in [-0.1, -0.05) is 13.8 Å². The van der Waals surface area contributed by atoms with Gasteiger partial charge in [-0.15, -0.1) is 0 Å². The van der Waals surface area contributed by atoms with Crippen LogP contribution in [0, 0.1) is 28.5 Å². The SMILES string of the molecule is C[C@@H](CNC(=O)[C@@H]1COC(C)(C)OCC1(C)C)NC(=O)c1cc(C#N)ccc1F. The molecule has 2 N–H and O–H groups in total. The smallest absolute Gasteiger partial charge is 0.254 e. The number of ether oxygens (including phenoxy) is 2. The Morgan fingerprint density at radius 3 is 2.66 bits per heavy atom. The van der Waals surface area contributed by atoms with E-state index >= 15 is 0 Å². The molecular formula is C21H28FN3O4. The van der Waals surface area contributed by atoms with Crippen LogP contribution in [0.5, 0.6) is 0 Å². The lowest BCUT2D eigenvalue weighted by atomic mass is 9.79. The number of rotatable bonds is 5.